The van der Waals surface area contributed by atoms with E-state index >= 15 is 0 Å². The molecule has 1 aliphatic heterocycles. The lowest BCUT2D eigenvalue weighted by Crippen LogP contribution is -2.51. The highest BCUT2D eigenvalue weighted by Gasteiger charge is 2.42. The number of hydrogen-bond donors (Lipinski definition) is 1. The van der Waals surface area contributed by atoms with Crippen molar-refractivity contribution in [2.24, 2.45) is 0 Å². The molecule has 0 saturated carbocycles. The lowest BCUT2D eigenvalue weighted by atomic mass is 9.99. The Balaban J connectivity index is 1.64. The Bertz CT molecular complexity index is 1140. The Morgan fingerprint density at radius 2 is 1.94 bits per heavy atom. The van der Waals surface area contributed by atoms with E-state index in [0.29, 0.717) is 11.1 Å². The maximum absolute atomic E-state index is 13.5. The second-order valence-electron chi connectivity index (χ2n) is 7.64. The third-order valence-corrected chi connectivity index (χ3v) is 5.12. The van der Waals surface area contributed by atoms with Gasteiger partial charge >= 0.3 is 6.36 Å². The fourth-order valence-electron chi connectivity index (χ4n) is 3.41. The van der Waals surface area contributed by atoms with Gasteiger partial charge in [-0.2, -0.15) is 5.26 Å². The molecule has 2 heterocycles. The summed E-state index contributed by atoms with van der Waals surface area (Å²) in [5.74, 6) is -4.70. The van der Waals surface area contributed by atoms with E-state index in [1.807, 2.05) is 0 Å². The van der Waals surface area contributed by atoms with Crippen LogP contribution < -0.4 is 10.1 Å². The number of hydrogen-bond acceptors (Lipinski definition) is 5. The summed E-state index contributed by atoms with van der Waals surface area (Å²) in [7, 11) is 0. The van der Waals surface area contributed by atoms with Crippen LogP contribution in [0.2, 0.25) is 0 Å². The van der Waals surface area contributed by atoms with Crippen LogP contribution in [-0.2, 0) is 4.79 Å². The van der Waals surface area contributed by atoms with Gasteiger partial charge in [0.15, 0.2) is 0 Å². The molecular weight excluding hydrogens is 475 g/mol. The number of nitrogens with zero attached hydrogens (tertiary/aromatic N) is 3. The van der Waals surface area contributed by atoms with E-state index in [0.717, 1.165) is 17.0 Å². The average molecular weight is 494 g/mol. The second-order valence-corrected chi connectivity index (χ2v) is 7.64. The summed E-state index contributed by atoms with van der Waals surface area (Å²) in [6.07, 6.45) is -0.323. The van der Waals surface area contributed by atoms with Crippen molar-refractivity contribution in [2.45, 2.75) is 31.2 Å². The summed E-state index contributed by atoms with van der Waals surface area (Å²) in [6, 6.07) is 6.87. The smallest absolute Gasteiger partial charge is 0.406 e. The SMILES string of the molecule is N#C[C@@H]1CC(F)(F)CCN1C(=O)CNC(=O)c1ccncc1/C=C/c1ccc(OC(F)(F)F)cc1. The first-order valence-electron chi connectivity index (χ1n) is 10.3. The van der Waals surface area contributed by atoms with Crippen LogP contribution in [0.4, 0.5) is 22.0 Å². The van der Waals surface area contributed by atoms with E-state index < -0.39 is 49.5 Å². The molecule has 1 aliphatic rings. The van der Waals surface area contributed by atoms with Gasteiger partial charge in [-0.15, -0.1) is 13.2 Å². The molecular formula is C23H19F5N4O3. The van der Waals surface area contributed by atoms with Gasteiger partial charge in [0.25, 0.3) is 11.8 Å². The van der Waals surface area contributed by atoms with Crippen LogP contribution in [0.15, 0.2) is 42.7 Å². The zero-order chi connectivity index (χ0) is 25.6. The fraction of sp³-hybridized carbons (Fsp3) is 0.304. The molecule has 0 unspecified atom stereocenters. The fourth-order valence-corrected chi connectivity index (χ4v) is 3.41. The average Bonchev–Trinajstić information content (AvgIpc) is 2.80. The molecule has 1 N–H and O–H groups in total. The van der Waals surface area contributed by atoms with Gasteiger partial charge in [0.1, 0.15) is 11.8 Å². The van der Waals surface area contributed by atoms with Crippen LogP contribution in [0, 0.1) is 11.3 Å². The molecule has 35 heavy (non-hydrogen) atoms. The topological polar surface area (TPSA) is 95.3 Å². The number of alkyl halides is 5. The van der Waals surface area contributed by atoms with Crippen LogP contribution in [0.3, 0.4) is 0 Å². The Morgan fingerprint density at radius 3 is 2.60 bits per heavy atom. The third kappa shape index (κ3) is 7.23. The maximum Gasteiger partial charge on any atom is 0.573 e. The van der Waals surface area contributed by atoms with Crippen molar-refractivity contribution in [1.29, 1.82) is 5.26 Å². The number of nitrogens with one attached hydrogen (secondary N) is 1. The monoisotopic (exact) mass is 494 g/mol. The minimum atomic E-state index is -4.80. The standard InChI is InChI=1S/C23H19F5N4O3/c24-22(25)8-10-32(17(11-22)12-29)20(33)14-31-21(34)19-7-9-30-13-16(19)4-1-15-2-5-18(6-3-15)35-23(26,27)28/h1-7,9,13,17H,8,10-11,14H2,(H,31,34)/b4-1+/t17-/m0/s1. The van der Waals surface area contributed by atoms with E-state index in [1.54, 1.807) is 12.1 Å². The van der Waals surface area contributed by atoms with Gasteiger partial charge in [0.2, 0.25) is 5.91 Å². The van der Waals surface area contributed by atoms with Crippen molar-refractivity contribution in [1.82, 2.24) is 15.2 Å². The number of pyridine rings is 1. The molecule has 0 aliphatic carbocycles. The Morgan fingerprint density at radius 1 is 1.23 bits per heavy atom. The van der Waals surface area contributed by atoms with Crippen molar-refractivity contribution in [3.63, 3.8) is 0 Å². The summed E-state index contributed by atoms with van der Waals surface area (Å²) in [5, 5.41) is 11.5. The summed E-state index contributed by atoms with van der Waals surface area (Å²) in [6.45, 7) is -0.787. The number of ether oxygens (including phenoxy) is 1. The molecule has 2 aromatic rings. The van der Waals surface area contributed by atoms with Crippen LogP contribution >= 0.6 is 0 Å². The quantitative estimate of drug-likeness (QED) is 0.612. The lowest BCUT2D eigenvalue weighted by Gasteiger charge is -2.35. The lowest BCUT2D eigenvalue weighted by molar-refractivity contribution is -0.274. The van der Waals surface area contributed by atoms with Crippen LogP contribution in [0.25, 0.3) is 12.2 Å². The number of amides is 2. The second kappa shape index (κ2) is 10.5. The molecule has 1 saturated heterocycles. The molecule has 1 aromatic carbocycles. The normalized spacial score (nSPS) is 17.6. The highest BCUT2D eigenvalue weighted by atomic mass is 19.4. The van der Waals surface area contributed by atoms with Crippen LogP contribution in [0.5, 0.6) is 5.75 Å². The highest BCUT2D eigenvalue weighted by molar-refractivity contribution is 6.00. The van der Waals surface area contributed by atoms with Crippen LogP contribution in [-0.4, -0.2) is 53.1 Å². The highest BCUT2D eigenvalue weighted by Crippen LogP contribution is 2.31. The Labute approximate surface area is 196 Å². The van der Waals surface area contributed by atoms with Crippen molar-refractivity contribution in [3.8, 4) is 11.8 Å². The number of carbonyl (C=O) groups is 2. The number of benzene rings is 1. The number of halogens is 5. The van der Waals surface area contributed by atoms with E-state index in [1.165, 1.54) is 36.7 Å². The molecule has 0 spiro atoms. The van der Waals surface area contributed by atoms with Crippen molar-refractivity contribution in [3.05, 3.63) is 59.4 Å². The molecule has 3 rings (SSSR count). The first kappa shape index (κ1) is 25.6. The minimum Gasteiger partial charge on any atom is -0.406 e. The van der Waals surface area contributed by atoms with Gasteiger partial charge in [-0.05, 0) is 23.8 Å². The van der Waals surface area contributed by atoms with Gasteiger partial charge in [0.05, 0.1) is 12.6 Å². The van der Waals surface area contributed by atoms with Crippen molar-refractivity contribution < 1.29 is 36.3 Å². The number of nitriles is 1. The van der Waals surface area contributed by atoms with Gasteiger partial charge in [-0.3, -0.25) is 14.6 Å². The van der Waals surface area contributed by atoms with Gasteiger partial charge in [-0.25, -0.2) is 8.78 Å². The molecule has 2 amide bonds. The number of piperidine rings is 1. The largest absolute Gasteiger partial charge is 0.573 e. The number of carbonyl (C=O) groups excluding carboxylic acids is 2. The summed E-state index contributed by atoms with van der Waals surface area (Å²) < 4.78 is 67.6. The van der Waals surface area contributed by atoms with E-state index in [9.17, 15) is 31.5 Å². The maximum atomic E-state index is 13.5. The Hall–Kier alpha value is -4.01. The minimum absolute atomic E-state index is 0.156. The van der Waals surface area contributed by atoms with Gasteiger partial charge < -0.3 is 15.0 Å². The Kier molecular flexibility index (Phi) is 7.68. The molecule has 0 bridgehead atoms. The molecule has 1 fully saturated rings. The molecule has 12 heteroatoms. The predicted octanol–water partition coefficient (Wildman–Crippen LogP) is 4.03. The summed E-state index contributed by atoms with van der Waals surface area (Å²) >= 11 is 0. The van der Waals surface area contributed by atoms with Crippen molar-refractivity contribution in [2.75, 3.05) is 13.1 Å². The molecule has 1 aromatic heterocycles. The molecule has 184 valence electrons. The van der Waals surface area contributed by atoms with Crippen LogP contribution in [0.1, 0.15) is 34.3 Å². The first-order chi connectivity index (χ1) is 16.5. The molecule has 7 nitrogen and oxygen atoms in total. The van der Waals surface area contributed by atoms with Crippen molar-refractivity contribution >= 4 is 24.0 Å². The van der Waals surface area contributed by atoms with E-state index in [-0.39, 0.29) is 17.9 Å². The first-order valence-corrected chi connectivity index (χ1v) is 10.3. The predicted molar refractivity (Wildman–Crippen MR) is 114 cm³/mol. The van der Waals surface area contributed by atoms with E-state index in [2.05, 4.69) is 15.0 Å². The third-order valence-electron chi connectivity index (χ3n) is 5.12. The van der Waals surface area contributed by atoms with Gasteiger partial charge in [0, 0.05) is 42.9 Å². The number of likely N-dealkylation sites (tertiary alicyclic amines) is 1. The number of rotatable bonds is 6. The van der Waals surface area contributed by atoms with E-state index in [4.69, 9.17) is 5.26 Å². The molecule has 1 atom stereocenters. The summed E-state index contributed by atoms with van der Waals surface area (Å²) in [4.78, 5) is 30.0. The van der Waals surface area contributed by atoms with Gasteiger partial charge in [-0.1, -0.05) is 24.3 Å². The zero-order valence-electron chi connectivity index (χ0n) is 18.1. The molecule has 0 radical (unpaired) electrons. The zero-order valence-corrected chi connectivity index (χ0v) is 18.1. The number of aromatic nitrogens is 1. The summed E-state index contributed by atoms with van der Waals surface area (Å²) in [5.41, 5.74) is 1.04.